The van der Waals surface area contributed by atoms with Crippen LogP contribution >= 0.6 is 0 Å². The fraction of sp³-hybridized carbons (Fsp3) is 0.438. The number of morpholine rings is 1. The number of hydrogen-bond acceptors (Lipinski definition) is 9. The number of nitro groups is 1. The molecule has 2 aromatic rings. The topological polar surface area (TPSA) is 116 Å². The van der Waals surface area contributed by atoms with Crippen molar-refractivity contribution < 1.29 is 40.7 Å². The number of anilines is 3. The first kappa shape index (κ1) is 23.2. The summed E-state index contributed by atoms with van der Waals surface area (Å²) in [4.78, 5) is 22.8. The third kappa shape index (κ3) is 5.63. The molecule has 1 aliphatic heterocycles. The molecular formula is C16H14F6N6O4. The number of rotatable bonds is 6. The van der Waals surface area contributed by atoms with E-state index in [4.69, 9.17) is 4.74 Å². The molecule has 1 fully saturated rings. The van der Waals surface area contributed by atoms with Crippen molar-refractivity contribution in [2.75, 3.05) is 36.5 Å². The number of benzene rings is 1. The normalized spacial score (nSPS) is 15.0. The molecule has 0 radical (unpaired) electrons. The molecule has 0 amide bonds. The van der Waals surface area contributed by atoms with Gasteiger partial charge in [0, 0.05) is 19.2 Å². The highest BCUT2D eigenvalue weighted by molar-refractivity contribution is 5.66. The highest BCUT2D eigenvalue weighted by atomic mass is 19.4. The van der Waals surface area contributed by atoms with E-state index >= 15 is 0 Å². The molecule has 0 atom stereocenters. The van der Waals surface area contributed by atoms with Crippen LogP contribution in [0.15, 0.2) is 24.3 Å². The summed E-state index contributed by atoms with van der Waals surface area (Å²) in [6.07, 6.45) is -15.8. The van der Waals surface area contributed by atoms with Crippen molar-refractivity contribution in [3.05, 3.63) is 34.4 Å². The third-order valence-electron chi connectivity index (χ3n) is 4.06. The number of hydrogen-bond donors (Lipinski definition) is 1. The lowest BCUT2D eigenvalue weighted by Gasteiger charge is -2.27. The molecule has 0 bridgehead atoms. The van der Waals surface area contributed by atoms with E-state index in [1.165, 1.54) is 23.1 Å². The van der Waals surface area contributed by atoms with Crippen molar-refractivity contribution in [1.82, 2.24) is 15.0 Å². The molecule has 1 saturated heterocycles. The number of nitrogens with one attached hydrogen (secondary N) is 1. The molecule has 10 nitrogen and oxygen atoms in total. The van der Waals surface area contributed by atoms with Crippen LogP contribution in [0.25, 0.3) is 0 Å². The molecule has 16 heteroatoms. The van der Waals surface area contributed by atoms with Crippen LogP contribution < -0.4 is 15.0 Å². The Labute approximate surface area is 175 Å². The van der Waals surface area contributed by atoms with Crippen molar-refractivity contribution in [1.29, 1.82) is 0 Å². The summed E-state index contributed by atoms with van der Waals surface area (Å²) in [7, 11) is 0. The molecule has 1 N–H and O–H groups in total. The van der Waals surface area contributed by atoms with Crippen LogP contribution in [0.5, 0.6) is 6.01 Å². The van der Waals surface area contributed by atoms with Crippen molar-refractivity contribution in [2.24, 2.45) is 0 Å². The highest BCUT2D eigenvalue weighted by Crippen LogP contribution is 2.36. The second-order valence-electron chi connectivity index (χ2n) is 6.32. The van der Waals surface area contributed by atoms with Crippen molar-refractivity contribution in [3.63, 3.8) is 0 Å². The molecule has 1 aromatic carbocycles. The quantitative estimate of drug-likeness (QED) is 0.388. The van der Waals surface area contributed by atoms with Crippen LogP contribution in [-0.4, -0.2) is 64.6 Å². The van der Waals surface area contributed by atoms with Gasteiger partial charge in [-0.15, -0.1) is 0 Å². The number of nitrogens with zero attached hydrogens (tertiary/aromatic N) is 5. The van der Waals surface area contributed by atoms with Gasteiger partial charge in [0.25, 0.3) is 11.8 Å². The Balaban J connectivity index is 2.01. The summed E-state index contributed by atoms with van der Waals surface area (Å²) >= 11 is 0. The molecule has 32 heavy (non-hydrogen) atoms. The summed E-state index contributed by atoms with van der Waals surface area (Å²) in [6.45, 7) is 0.803. The van der Waals surface area contributed by atoms with Crippen molar-refractivity contribution in [2.45, 2.75) is 18.5 Å². The van der Waals surface area contributed by atoms with Gasteiger partial charge in [-0.3, -0.25) is 10.1 Å². The first-order valence-corrected chi connectivity index (χ1v) is 8.84. The second kappa shape index (κ2) is 8.97. The number of ether oxygens (including phenoxy) is 2. The van der Waals surface area contributed by atoms with E-state index in [2.05, 4.69) is 25.0 Å². The summed E-state index contributed by atoms with van der Waals surface area (Å²) in [5, 5.41) is 13.6. The number of alkyl halides is 6. The average molecular weight is 468 g/mol. The maximum atomic E-state index is 12.9. The third-order valence-corrected chi connectivity index (χ3v) is 4.06. The van der Waals surface area contributed by atoms with Gasteiger partial charge < -0.3 is 19.7 Å². The number of halogens is 6. The Morgan fingerprint density at radius 3 is 2.28 bits per heavy atom. The fourth-order valence-corrected chi connectivity index (χ4v) is 2.64. The van der Waals surface area contributed by atoms with E-state index in [1.54, 1.807) is 0 Å². The first-order valence-electron chi connectivity index (χ1n) is 8.84. The zero-order valence-corrected chi connectivity index (χ0v) is 15.9. The summed E-state index contributed by atoms with van der Waals surface area (Å²) in [5.74, 6) is -0.837. The Kier molecular flexibility index (Phi) is 6.52. The van der Waals surface area contributed by atoms with E-state index in [1.807, 2.05) is 0 Å². The molecular weight excluding hydrogens is 454 g/mol. The standard InChI is InChI=1S/C16H14F6N6O4/c17-15(18,19)11(16(20,21)22)32-14-25-12(23-9-3-1-2-4-10(9)28(29)30)24-13(26-14)27-5-7-31-8-6-27/h1-4,11H,5-8H2,(H,23,24,25,26). The van der Waals surface area contributed by atoms with Gasteiger partial charge in [-0.1, -0.05) is 12.1 Å². The summed E-state index contributed by atoms with van der Waals surface area (Å²) < 4.78 is 86.7. The van der Waals surface area contributed by atoms with Crippen LogP contribution in [0.3, 0.4) is 0 Å². The predicted molar refractivity (Wildman–Crippen MR) is 95.8 cm³/mol. The van der Waals surface area contributed by atoms with E-state index in [-0.39, 0.29) is 37.9 Å². The lowest BCUT2D eigenvalue weighted by Crippen LogP contribution is -2.47. The molecule has 1 aliphatic rings. The summed E-state index contributed by atoms with van der Waals surface area (Å²) in [5.41, 5.74) is -0.572. The number of para-hydroxylation sites is 2. The molecule has 2 heterocycles. The van der Waals surface area contributed by atoms with Crippen LogP contribution in [0.4, 0.5) is 49.6 Å². The van der Waals surface area contributed by atoms with Gasteiger partial charge in [0.15, 0.2) is 0 Å². The number of nitro benzene ring substituents is 1. The van der Waals surface area contributed by atoms with Gasteiger partial charge in [-0.2, -0.15) is 41.3 Å². The van der Waals surface area contributed by atoms with E-state index in [9.17, 15) is 36.5 Å². The van der Waals surface area contributed by atoms with Gasteiger partial charge in [0.1, 0.15) is 5.69 Å². The monoisotopic (exact) mass is 468 g/mol. The van der Waals surface area contributed by atoms with E-state index < -0.39 is 41.0 Å². The Hall–Kier alpha value is -3.43. The maximum absolute atomic E-state index is 12.9. The van der Waals surface area contributed by atoms with Crippen molar-refractivity contribution in [3.8, 4) is 6.01 Å². The largest absolute Gasteiger partial charge is 0.440 e. The van der Waals surface area contributed by atoms with Crippen molar-refractivity contribution >= 4 is 23.3 Å². The molecule has 0 spiro atoms. The molecule has 0 unspecified atom stereocenters. The van der Waals surface area contributed by atoms with Gasteiger partial charge in [0.2, 0.25) is 11.9 Å². The molecule has 0 saturated carbocycles. The minimum Gasteiger partial charge on any atom is -0.440 e. The Morgan fingerprint density at radius 1 is 1.06 bits per heavy atom. The van der Waals surface area contributed by atoms with Crippen LogP contribution in [0.1, 0.15) is 0 Å². The minimum absolute atomic E-state index is 0.147. The molecule has 0 aliphatic carbocycles. The van der Waals surface area contributed by atoms with Gasteiger partial charge >= 0.3 is 18.4 Å². The van der Waals surface area contributed by atoms with Crippen LogP contribution in [-0.2, 0) is 4.74 Å². The van der Waals surface area contributed by atoms with Gasteiger partial charge in [-0.05, 0) is 6.07 Å². The Morgan fingerprint density at radius 2 is 1.69 bits per heavy atom. The zero-order chi connectivity index (χ0) is 23.5. The molecule has 3 rings (SSSR count). The van der Waals surface area contributed by atoms with Gasteiger partial charge in [-0.25, -0.2) is 0 Å². The lowest BCUT2D eigenvalue weighted by atomic mass is 10.3. The van der Waals surface area contributed by atoms with Crippen LogP contribution in [0, 0.1) is 10.1 Å². The molecule has 174 valence electrons. The van der Waals surface area contributed by atoms with E-state index in [0.717, 1.165) is 6.07 Å². The second-order valence-corrected chi connectivity index (χ2v) is 6.32. The zero-order valence-electron chi connectivity index (χ0n) is 15.9. The fourth-order valence-electron chi connectivity index (χ4n) is 2.64. The Bertz CT molecular complexity index is 953. The average Bonchev–Trinajstić information content (AvgIpc) is 2.71. The summed E-state index contributed by atoms with van der Waals surface area (Å²) in [6, 6.07) is 3.90. The molecule has 1 aromatic heterocycles. The highest BCUT2D eigenvalue weighted by Gasteiger charge is 2.59. The smallest absolute Gasteiger partial charge is 0.434 e. The first-order chi connectivity index (χ1) is 14.9. The predicted octanol–water partition coefficient (Wildman–Crippen LogP) is 3.23. The lowest BCUT2D eigenvalue weighted by molar-refractivity contribution is -0.383. The SMILES string of the molecule is O=[N+]([O-])c1ccccc1Nc1nc(OC(C(F)(F)F)C(F)(F)F)nc(N2CCOCC2)n1. The van der Waals surface area contributed by atoms with Gasteiger partial charge in [0.05, 0.1) is 18.1 Å². The van der Waals surface area contributed by atoms with Crippen LogP contribution in [0.2, 0.25) is 0 Å². The van der Waals surface area contributed by atoms with E-state index in [0.29, 0.717) is 0 Å². The minimum atomic E-state index is -5.80. The number of aromatic nitrogens is 3. The maximum Gasteiger partial charge on any atom is 0.434 e.